The van der Waals surface area contributed by atoms with Gasteiger partial charge in [0.05, 0.1) is 21.7 Å². The van der Waals surface area contributed by atoms with Gasteiger partial charge in [0.15, 0.2) is 4.80 Å². The van der Waals surface area contributed by atoms with Crippen LogP contribution in [0.25, 0.3) is 10.2 Å². The highest BCUT2D eigenvalue weighted by molar-refractivity contribution is 7.89. The van der Waals surface area contributed by atoms with E-state index >= 15 is 0 Å². The zero-order chi connectivity index (χ0) is 22.9. The van der Waals surface area contributed by atoms with Gasteiger partial charge in [0.25, 0.3) is 5.91 Å². The number of hydrogen-bond donors (Lipinski definition) is 0. The molecule has 166 valence electrons. The second-order valence-corrected chi connectivity index (χ2v) is 10.8. The third-order valence-electron chi connectivity index (χ3n) is 5.46. The van der Waals surface area contributed by atoms with E-state index < -0.39 is 21.7 Å². The molecular formula is C23H22FN3O3S2. The molecule has 0 bridgehead atoms. The maximum Gasteiger partial charge on any atom is 0.279 e. The molecule has 0 saturated carbocycles. The SMILES string of the molecule is C#CCn1c(=NC(=O)c2ccc(S(=O)(=O)N3CCCC(C)C3)cc2)sc2cccc(F)c21. The summed E-state index contributed by atoms with van der Waals surface area (Å²) in [6, 6.07) is 10.4. The summed E-state index contributed by atoms with van der Waals surface area (Å²) in [6.45, 7) is 3.10. The summed E-state index contributed by atoms with van der Waals surface area (Å²) in [4.78, 5) is 17.3. The summed E-state index contributed by atoms with van der Waals surface area (Å²) in [5.74, 6) is 1.78. The third kappa shape index (κ3) is 4.26. The molecule has 4 rings (SSSR count). The number of fused-ring (bicyclic) bond motifs is 1. The van der Waals surface area contributed by atoms with E-state index in [2.05, 4.69) is 10.9 Å². The van der Waals surface area contributed by atoms with E-state index in [1.54, 1.807) is 12.1 Å². The summed E-state index contributed by atoms with van der Waals surface area (Å²) in [7, 11) is -3.61. The van der Waals surface area contributed by atoms with Crippen molar-refractivity contribution in [3.05, 3.63) is 58.6 Å². The Balaban J connectivity index is 1.65. The van der Waals surface area contributed by atoms with Crippen LogP contribution in [0.15, 0.2) is 52.4 Å². The molecule has 1 amide bonds. The quantitative estimate of drug-likeness (QED) is 0.546. The number of amides is 1. The Morgan fingerprint density at radius 2 is 2.03 bits per heavy atom. The van der Waals surface area contributed by atoms with Crippen molar-refractivity contribution in [1.82, 2.24) is 8.87 Å². The van der Waals surface area contributed by atoms with Crippen LogP contribution in [0.3, 0.4) is 0 Å². The van der Waals surface area contributed by atoms with E-state index in [4.69, 9.17) is 6.42 Å². The topological polar surface area (TPSA) is 71.7 Å². The first-order valence-electron chi connectivity index (χ1n) is 10.2. The number of terminal acetylenes is 1. The first-order chi connectivity index (χ1) is 15.3. The molecule has 0 spiro atoms. The zero-order valence-corrected chi connectivity index (χ0v) is 19.1. The number of rotatable bonds is 4. The van der Waals surface area contributed by atoms with Crippen LogP contribution >= 0.6 is 11.3 Å². The molecule has 1 aliphatic rings. The van der Waals surface area contributed by atoms with Crippen molar-refractivity contribution in [3.63, 3.8) is 0 Å². The Hall–Kier alpha value is -2.80. The molecule has 2 aromatic carbocycles. The predicted molar refractivity (Wildman–Crippen MR) is 122 cm³/mol. The molecule has 1 fully saturated rings. The summed E-state index contributed by atoms with van der Waals surface area (Å²) >= 11 is 1.16. The van der Waals surface area contributed by atoms with Gasteiger partial charge in [-0.1, -0.05) is 30.2 Å². The minimum Gasteiger partial charge on any atom is -0.302 e. The van der Waals surface area contributed by atoms with Crippen LogP contribution in [0, 0.1) is 24.1 Å². The predicted octanol–water partition coefficient (Wildman–Crippen LogP) is 3.64. The molecular weight excluding hydrogens is 449 g/mol. The number of sulfonamides is 1. The van der Waals surface area contributed by atoms with Crippen molar-refractivity contribution in [3.8, 4) is 12.3 Å². The Labute approximate surface area is 190 Å². The van der Waals surface area contributed by atoms with E-state index in [1.807, 2.05) is 6.92 Å². The molecule has 0 radical (unpaired) electrons. The van der Waals surface area contributed by atoms with Gasteiger partial charge in [0.1, 0.15) is 5.82 Å². The van der Waals surface area contributed by atoms with Crippen LogP contribution in [-0.2, 0) is 16.6 Å². The molecule has 1 atom stereocenters. The van der Waals surface area contributed by atoms with E-state index in [-0.39, 0.29) is 21.8 Å². The summed E-state index contributed by atoms with van der Waals surface area (Å²) in [6.07, 6.45) is 7.28. The van der Waals surface area contributed by atoms with E-state index in [9.17, 15) is 17.6 Å². The molecule has 1 aromatic heterocycles. The lowest BCUT2D eigenvalue weighted by Gasteiger charge is -2.30. The number of benzene rings is 2. The summed E-state index contributed by atoms with van der Waals surface area (Å²) < 4.78 is 43.8. The minimum absolute atomic E-state index is 0.0679. The van der Waals surface area contributed by atoms with E-state index in [0.717, 1.165) is 24.2 Å². The molecule has 1 saturated heterocycles. The first-order valence-corrected chi connectivity index (χ1v) is 12.5. The van der Waals surface area contributed by atoms with Gasteiger partial charge in [-0.05, 0) is 55.2 Å². The third-order valence-corrected chi connectivity index (χ3v) is 8.38. The van der Waals surface area contributed by atoms with Crippen LogP contribution in [0.2, 0.25) is 0 Å². The number of piperidine rings is 1. The molecule has 0 aliphatic carbocycles. The number of thiazole rings is 1. The Morgan fingerprint density at radius 1 is 1.28 bits per heavy atom. The van der Waals surface area contributed by atoms with Gasteiger partial charge in [0.2, 0.25) is 10.0 Å². The average Bonchev–Trinajstić information content (AvgIpc) is 3.12. The number of carbonyl (C=O) groups is 1. The van der Waals surface area contributed by atoms with Crippen molar-refractivity contribution in [1.29, 1.82) is 0 Å². The van der Waals surface area contributed by atoms with Gasteiger partial charge in [-0.3, -0.25) is 4.79 Å². The lowest BCUT2D eigenvalue weighted by atomic mass is 10.0. The molecule has 32 heavy (non-hydrogen) atoms. The number of carbonyl (C=O) groups excluding carboxylic acids is 1. The van der Waals surface area contributed by atoms with Gasteiger partial charge in [-0.15, -0.1) is 6.42 Å². The Morgan fingerprint density at radius 3 is 2.72 bits per heavy atom. The Kier molecular flexibility index (Phi) is 6.29. The van der Waals surface area contributed by atoms with E-state index in [0.29, 0.717) is 29.2 Å². The zero-order valence-electron chi connectivity index (χ0n) is 17.5. The number of nitrogens with zero attached hydrogens (tertiary/aromatic N) is 3. The number of aromatic nitrogens is 1. The van der Waals surface area contributed by atoms with Gasteiger partial charge >= 0.3 is 0 Å². The highest BCUT2D eigenvalue weighted by Crippen LogP contribution is 2.24. The van der Waals surface area contributed by atoms with E-state index in [1.165, 1.54) is 39.2 Å². The molecule has 9 heteroatoms. The average molecular weight is 472 g/mol. The second kappa shape index (κ2) is 8.98. The van der Waals surface area contributed by atoms with Gasteiger partial charge in [0, 0.05) is 18.7 Å². The van der Waals surface area contributed by atoms with Crippen LogP contribution in [0.4, 0.5) is 4.39 Å². The maximum absolute atomic E-state index is 14.3. The normalized spacial score (nSPS) is 18.0. The van der Waals surface area contributed by atoms with Gasteiger partial charge < -0.3 is 4.57 Å². The highest BCUT2D eigenvalue weighted by Gasteiger charge is 2.28. The van der Waals surface area contributed by atoms with Crippen LogP contribution in [0.5, 0.6) is 0 Å². The lowest BCUT2D eigenvalue weighted by molar-refractivity contribution is 0.0997. The molecule has 1 aliphatic heterocycles. The monoisotopic (exact) mass is 471 g/mol. The van der Waals surface area contributed by atoms with Crippen molar-refractivity contribution in [2.24, 2.45) is 10.9 Å². The molecule has 3 aromatic rings. The van der Waals surface area contributed by atoms with Crippen molar-refractivity contribution < 1.29 is 17.6 Å². The van der Waals surface area contributed by atoms with Crippen molar-refractivity contribution >= 4 is 37.5 Å². The fourth-order valence-corrected chi connectivity index (χ4v) is 6.49. The molecule has 2 heterocycles. The molecule has 1 unspecified atom stereocenters. The number of hydrogen-bond acceptors (Lipinski definition) is 4. The van der Waals surface area contributed by atoms with Gasteiger partial charge in [-0.2, -0.15) is 9.30 Å². The first kappa shape index (κ1) is 22.4. The number of halogens is 1. The summed E-state index contributed by atoms with van der Waals surface area (Å²) in [5, 5.41) is 0. The number of para-hydroxylation sites is 1. The summed E-state index contributed by atoms with van der Waals surface area (Å²) in [5.41, 5.74) is 0.542. The van der Waals surface area contributed by atoms with Gasteiger partial charge in [-0.25, -0.2) is 12.8 Å². The fourth-order valence-electron chi connectivity index (χ4n) is 3.84. The van der Waals surface area contributed by atoms with Crippen LogP contribution in [-0.4, -0.2) is 36.3 Å². The van der Waals surface area contributed by atoms with Crippen molar-refractivity contribution in [2.75, 3.05) is 13.1 Å². The standard InChI is InChI=1S/C23H22FN3O3S2/c1-3-13-27-21-19(24)7-4-8-20(21)31-23(27)25-22(28)17-9-11-18(12-10-17)32(29,30)26-14-5-6-16(2)15-26/h1,4,7-12,16H,5-6,13-15H2,2H3. The molecule has 0 N–H and O–H groups in total. The lowest BCUT2D eigenvalue weighted by Crippen LogP contribution is -2.39. The molecule has 6 nitrogen and oxygen atoms in total. The fraction of sp³-hybridized carbons (Fsp3) is 0.304. The van der Waals surface area contributed by atoms with Crippen LogP contribution in [0.1, 0.15) is 30.1 Å². The smallest absolute Gasteiger partial charge is 0.279 e. The second-order valence-electron chi connectivity index (χ2n) is 7.81. The Bertz CT molecular complexity index is 1380. The van der Waals surface area contributed by atoms with Crippen LogP contribution < -0.4 is 4.80 Å². The minimum atomic E-state index is -3.61. The maximum atomic E-state index is 14.3. The largest absolute Gasteiger partial charge is 0.302 e. The van der Waals surface area contributed by atoms with Crippen molar-refractivity contribution in [2.45, 2.75) is 31.2 Å². The highest BCUT2D eigenvalue weighted by atomic mass is 32.2.